The molecule has 0 fully saturated rings. The topological polar surface area (TPSA) is 81.4 Å². The molecule has 2 heterocycles. The third kappa shape index (κ3) is 4.32. The fourth-order valence-electron chi connectivity index (χ4n) is 2.27. The standard InChI is InChI=1S/C18H14Cl2N2O4S/c1-3-25-18(24)11-6-9(2)27-17(11)22-15(23)14-8-26-16(21-14)10-4-5-12(19)13(20)7-10/h4-8H,3H2,1-2H3,(H,22,23). The Labute approximate surface area is 169 Å². The Morgan fingerprint density at radius 2 is 2.04 bits per heavy atom. The molecule has 1 N–H and O–H groups in total. The van der Waals surface area contributed by atoms with Crippen molar-refractivity contribution in [2.45, 2.75) is 13.8 Å². The van der Waals surface area contributed by atoms with E-state index in [1.807, 2.05) is 6.92 Å². The summed E-state index contributed by atoms with van der Waals surface area (Å²) in [6, 6.07) is 6.56. The van der Waals surface area contributed by atoms with Crippen LogP contribution in [0, 0.1) is 6.92 Å². The number of esters is 1. The Balaban J connectivity index is 1.81. The number of amides is 1. The molecule has 0 aliphatic heterocycles. The Hall–Kier alpha value is -2.35. The molecule has 2 aromatic heterocycles. The highest BCUT2D eigenvalue weighted by molar-refractivity contribution is 7.16. The van der Waals surface area contributed by atoms with Gasteiger partial charge < -0.3 is 14.5 Å². The molecule has 140 valence electrons. The van der Waals surface area contributed by atoms with Crippen LogP contribution in [0.15, 0.2) is 34.9 Å². The van der Waals surface area contributed by atoms with Crippen LogP contribution in [0.5, 0.6) is 0 Å². The number of anilines is 1. The Bertz CT molecular complexity index is 1010. The Morgan fingerprint density at radius 3 is 2.74 bits per heavy atom. The second kappa shape index (κ2) is 8.12. The molecule has 6 nitrogen and oxygen atoms in total. The van der Waals surface area contributed by atoms with Gasteiger partial charge in [-0.3, -0.25) is 4.79 Å². The lowest BCUT2D eigenvalue weighted by molar-refractivity contribution is 0.0528. The third-order valence-corrected chi connectivity index (χ3v) is 5.19. The molecular formula is C18H14Cl2N2O4S. The molecule has 0 atom stereocenters. The van der Waals surface area contributed by atoms with E-state index in [1.54, 1.807) is 31.2 Å². The quantitative estimate of drug-likeness (QED) is 0.550. The number of carbonyl (C=O) groups excluding carboxylic acids is 2. The molecule has 0 radical (unpaired) electrons. The number of halogens is 2. The van der Waals surface area contributed by atoms with Crippen molar-refractivity contribution < 1.29 is 18.7 Å². The number of ether oxygens (including phenoxy) is 1. The molecule has 1 amide bonds. The number of nitrogens with zero attached hydrogens (tertiary/aromatic N) is 1. The van der Waals surface area contributed by atoms with E-state index >= 15 is 0 Å². The highest BCUT2D eigenvalue weighted by Gasteiger charge is 2.20. The lowest BCUT2D eigenvalue weighted by atomic mass is 10.2. The monoisotopic (exact) mass is 424 g/mol. The number of hydrogen-bond donors (Lipinski definition) is 1. The van der Waals surface area contributed by atoms with Gasteiger partial charge in [0.05, 0.1) is 22.2 Å². The first-order valence-electron chi connectivity index (χ1n) is 7.89. The molecule has 0 aliphatic rings. The normalized spacial score (nSPS) is 10.7. The van der Waals surface area contributed by atoms with Crippen LogP contribution < -0.4 is 5.32 Å². The number of aryl methyl sites for hydroxylation is 1. The molecule has 3 aromatic rings. The smallest absolute Gasteiger partial charge is 0.341 e. The first kappa shape index (κ1) is 19.4. The van der Waals surface area contributed by atoms with Crippen molar-refractivity contribution in [3.05, 3.63) is 56.7 Å². The number of carbonyl (C=O) groups is 2. The first-order valence-corrected chi connectivity index (χ1v) is 9.46. The highest BCUT2D eigenvalue weighted by atomic mass is 35.5. The van der Waals surface area contributed by atoms with Gasteiger partial charge in [0.1, 0.15) is 11.3 Å². The van der Waals surface area contributed by atoms with Gasteiger partial charge in [-0.1, -0.05) is 23.2 Å². The van der Waals surface area contributed by atoms with Crippen molar-refractivity contribution in [3.8, 4) is 11.5 Å². The summed E-state index contributed by atoms with van der Waals surface area (Å²) in [6.07, 6.45) is 1.23. The average Bonchev–Trinajstić information content (AvgIpc) is 3.24. The third-order valence-electron chi connectivity index (χ3n) is 3.48. The molecule has 0 saturated carbocycles. The molecule has 0 saturated heterocycles. The lowest BCUT2D eigenvalue weighted by Gasteiger charge is -2.04. The van der Waals surface area contributed by atoms with E-state index in [-0.39, 0.29) is 18.2 Å². The summed E-state index contributed by atoms with van der Waals surface area (Å²) in [4.78, 5) is 29.6. The van der Waals surface area contributed by atoms with Crippen LogP contribution in [0.1, 0.15) is 32.6 Å². The van der Waals surface area contributed by atoms with Gasteiger partial charge in [-0.25, -0.2) is 9.78 Å². The van der Waals surface area contributed by atoms with Crippen LogP contribution in [0.3, 0.4) is 0 Å². The van der Waals surface area contributed by atoms with Gasteiger partial charge in [-0.15, -0.1) is 11.3 Å². The van der Waals surface area contributed by atoms with Crippen LogP contribution in [0.25, 0.3) is 11.5 Å². The lowest BCUT2D eigenvalue weighted by Crippen LogP contribution is -2.14. The van der Waals surface area contributed by atoms with Gasteiger partial charge in [-0.2, -0.15) is 0 Å². The number of nitrogens with one attached hydrogen (secondary N) is 1. The molecule has 3 rings (SSSR count). The summed E-state index contributed by atoms with van der Waals surface area (Å²) in [5.74, 6) is -0.766. The largest absolute Gasteiger partial charge is 0.462 e. The Morgan fingerprint density at radius 1 is 1.26 bits per heavy atom. The highest BCUT2D eigenvalue weighted by Crippen LogP contribution is 2.30. The minimum Gasteiger partial charge on any atom is -0.462 e. The Kier molecular flexibility index (Phi) is 5.84. The van der Waals surface area contributed by atoms with Crippen LogP contribution >= 0.6 is 34.5 Å². The van der Waals surface area contributed by atoms with Gasteiger partial charge in [0.2, 0.25) is 5.89 Å². The average molecular weight is 425 g/mol. The molecule has 27 heavy (non-hydrogen) atoms. The van der Waals surface area contributed by atoms with Gasteiger partial charge in [0.25, 0.3) is 5.91 Å². The fourth-order valence-corrected chi connectivity index (χ4v) is 3.47. The number of hydrogen-bond acceptors (Lipinski definition) is 6. The van der Waals surface area contributed by atoms with E-state index in [0.29, 0.717) is 26.2 Å². The van der Waals surface area contributed by atoms with E-state index in [1.165, 1.54) is 17.6 Å². The SMILES string of the molecule is CCOC(=O)c1cc(C)sc1NC(=O)c1coc(-c2ccc(Cl)c(Cl)c2)n1. The molecule has 0 spiro atoms. The van der Waals surface area contributed by atoms with Crippen LogP contribution in [-0.4, -0.2) is 23.5 Å². The summed E-state index contributed by atoms with van der Waals surface area (Å²) >= 11 is 13.2. The summed E-state index contributed by atoms with van der Waals surface area (Å²) < 4.78 is 10.4. The summed E-state index contributed by atoms with van der Waals surface area (Å²) in [5.41, 5.74) is 0.959. The summed E-state index contributed by atoms with van der Waals surface area (Å²) in [7, 11) is 0. The minimum absolute atomic E-state index is 0.0666. The van der Waals surface area contributed by atoms with Gasteiger partial charge in [-0.05, 0) is 38.1 Å². The van der Waals surface area contributed by atoms with Crippen molar-refractivity contribution in [3.63, 3.8) is 0 Å². The molecule has 0 unspecified atom stereocenters. The summed E-state index contributed by atoms with van der Waals surface area (Å²) in [5, 5.41) is 3.84. The van der Waals surface area contributed by atoms with Gasteiger partial charge in [0.15, 0.2) is 5.69 Å². The van der Waals surface area contributed by atoms with Crippen molar-refractivity contribution >= 4 is 51.4 Å². The fraction of sp³-hybridized carbons (Fsp3) is 0.167. The van der Waals surface area contributed by atoms with Gasteiger partial charge in [0, 0.05) is 10.4 Å². The predicted molar refractivity (Wildman–Crippen MR) is 105 cm³/mol. The van der Waals surface area contributed by atoms with Crippen LogP contribution in [0.4, 0.5) is 5.00 Å². The second-order valence-corrected chi connectivity index (χ2v) is 7.51. The molecular weight excluding hydrogens is 411 g/mol. The maximum absolute atomic E-state index is 12.5. The molecule has 9 heteroatoms. The van der Waals surface area contributed by atoms with E-state index < -0.39 is 11.9 Å². The van der Waals surface area contributed by atoms with Gasteiger partial charge >= 0.3 is 5.97 Å². The minimum atomic E-state index is -0.502. The van der Waals surface area contributed by atoms with Crippen molar-refractivity contribution in [2.75, 3.05) is 11.9 Å². The predicted octanol–water partition coefficient (Wildman–Crippen LogP) is 5.45. The summed E-state index contributed by atoms with van der Waals surface area (Å²) in [6.45, 7) is 3.80. The molecule has 0 aliphatic carbocycles. The number of thiophene rings is 1. The van der Waals surface area contributed by atoms with E-state index in [0.717, 1.165) is 4.88 Å². The number of rotatable bonds is 5. The maximum Gasteiger partial charge on any atom is 0.341 e. The van der Waals surface area contributed by atoms with Crippen molar-refractivity contribution in [1.29, 1.82) is 0 Å². The van der Waals surface area contributed by atoms with Crippen molar-refractivity contribution in [2.24, 2.45) is 0 Å². The first-order chi connectivity index (χ1) is 12.9. The zero-order valence-electron chi connectivity index (χ0n) is 14.3. The molecule has 1 aromatic carbocycles. The molecule has 0 bridgehead atoms. The number of aromatic nitrogens is 1. The van der Waals surface area contributed by atoms with Crippen LogP contribution in [-0.2, 0) is 4.74 Å². The number of benzene rings is 1. The number of oxazole rings is 1. The van der Waals surface area contributed by atoms with E-state index in [4.69, 9.17) is 32.4 Å². The zero-order valence-corrected chi connectivity index (χ0v) is 16.7. The zero-order chi connectivity index (χ0) is 19.6. The van der Waals surface area contributed by atoms with E-state index in [2.05, 4.69) is 10.3 Å². The second-order valence-electron chi connectivity index (χ2n) is 5.44. The van der Waals surface area contributed by atoms with E-state index in [9.17, 15) is 9.59 Å². The van der Waals surface area contributed by atoms with Crippen LogP contribution in [0.2, 0.25) is 10.0 Å². The maximum atomic E-state index is 12.5. The van der Waals surface area contributed by atoms with Crippen molar-refractivity contribution in [1.82, 2.24) is 4.98 Å².